The molecule has 0 aliphatic carbocycles. The Morgan fingerprint density at radius 3 is 2.94 bits per heavy atom. The third-order valence-electron chi connectivity index (χ3n) is 2.69. The molecular formula is C12H9N3O3. The van der Waals surface area contributed by atoms with Crippen molar-refractivity contribution in [2.75, 3.05) is 0 Å². The van der Waals surface area contributed by atoms with Crippen LogP contribution in [0.2, 0.25) is 0 Å². The SMILES string of the molecule is O=C(O)Cc1cc(=O)n2c(nc3ccccc32)[nH]1. The van der Waals surface area contributed by atoms with Crippen molar-refractivity contribution in [3.05, 3.63) is 46.4 Å². The molecule has 0 saturated carbocycles. The Kier molecular flexibility index (Phi) is 2.16. The number of hydrogen-bond acceptors (Lipinski definition) is 3. The maximum absolute atomic E-state index is 12.0. The fraction of sp³-hybridized carbons (Fsp3) is 0.0833. The minimum atomic E-state index is -0.994. The van der Waals surface area contributed by atoms with Crippen LogP contribution in [0.25, 0.3) is 16.8 Å². The summed E-state index contributed by atoms with van der Waals surface area (Å²) in [4.78, 5) is 29.7. The summed E-state index contributed by atoms with van der Waals surface area (Å²) in [6.45, 7) is 0. The van der Waals surface area contributed by atoms with Gasteiger partial charge >= 0.3 is 5.97 Å². The molecule has 0 bridgehead atoms. The summed E-state index contributed by atoms with van der Waals surface area (Å²) in [7, 11) is 0. The van der Waals surface area contributed by atoms with Gasteiger partial charge in [-0.15, -0.1) is 0 Å². The highest BCUT2D eigenvalue weighted by Crippen LogP contribution is 2.12. The molecule has 0 radical (unpaired) electrons. The van der Waals surface area contributed by atoms with Crippen LogP contribution in [0.1, 0.15) is 5.69 Å². The van der Waals surface area contributed by atoms with Gasteiger partial charge < -0.3 is 10.1 Å². The van der Waals surface area contributed by atoms with Crippen LogP contribution >= 0.6 is 0 Å². The third-order valence-corrected chi connectivity index (χ3v) is 2.69. The van der Waals surface area contributed by atoms with Gasteiger partial charge in [-0.3, -0.25) is 9.59 Å². The Hall–Kier alpha value is -2.63. The second-order valence-electron chi connectivity index (χ2n) is 3.96. The number of nitrogens with zero attached hydrogens (tertiary/aromatic N) is 2. The monoisotopic (exact) mass is 243 g/mol. The zero-order valence-electron chi connectivity index (χ0n) is 9.25. The Bertz CT molecular complexity index is 816. The highest BCUT2D eigenvalue weighted by molar-refractivity contribution is 5.79. The van der Waals surface area contributed by atoms with Gasteiger partial charge in [0.05, 0.1) is 17.5 Å². The first kappa shape index (κ1) is 10.5. The number of para-hydroxylation sites is 2. The highest BCUT2D eigenvalue weighted by atomic mass is 16.4. The quantitative estimate of drug-likeness (QED) is 0.697. The number of H-pyrrole nitrogens is 1. The summed E-state index contributed by atoms with van der Waals surface area (Å²) in [6, 6.07) is 8.53. The van der Waals surface area contributed by atoms with Crippen LogP contribution in [0, 0.1) is 0 Å². The number of aromatic amines is 1. The molecule has 0 unspecified atom stereocenters. The molecule has 0 saturated heterocycles. The number of carboxylic acids is 1. The standard InChI is InChI=1S/C12H9N3O3/c16-10-5-7(6-11(17)18)13-12-14-8-3-1-2-4-9(8)15(10)12/h1-5H,6H2,(H,13,14)(H,17,18). The van der Waals surface area contributed by atoms with E-state index in [1.54, 1.807) is 12.1 Å². The summed E-state index contributed by atoms with van der Waals surface area (Å²) in [5.74, 6) is -0.633. The number of aromatic nitrogens is 3. The second kappa shape index (κ2) is 3.69. The lowest BCUT2D eigenvalue weighted by Gasteiger charge is -1.99. The van der Waals surface area contributed by atoms with Gasteiger partial charge in [-0.25, -0.2) is 9.38 Å². The van der Waals surface area contributed by atoms with Crippen LogP contribution in [0.5, 0.6) is 0 Å². The highest BCUT2D eigenvalue weighted by Gasteiger charge is 2.09. The lowest BCUT2D eigenvalue weighted by Crippen LogP contribution is -2.16. The fourth-order valence-electron chi connectivity index (χ4n) is 1.98. The number of rotatable bonds is 2. The van der Waals surface area contributed by atoms with Crippen molar-refractivity contribution in [2.24, 2.45) is 0 Å². The molecule has 0 fully saturated rings. The molecule has 2 aromatic heterocycles. The van der Waals surface area contributed by atoms with Gasteiger partial charge in [0.15, 0.2) is 0 Å². The number of aliphatic carboxylic acids is 1. The fourth-order valence-corrected chi connectivity index (χ4v) is 1.98. The molecule has 2 heterocycles. The van der Waals surface area contributed by atoms with Gasteiger partial charge in [0.1, 0.15) is 0 Å². The van der Waals surface area contributed by atoms with Crippen LogP contribution in [-0.2, 0) is 11.2 Å². The molecule has 6 heteroatoms. The molecule has 3 rings (SSSR count). The Balaban J connectivity index is 2.35. The first-order valence-corrected chi connectivity index (χ1v) is 5.36. The molecule has 1 aromatic carbocycles. The lowest BCUT2D eigenvalue weighted by molar-refractivity contribution is -0.136. The van der Waals surface area contributed by atoms with Crippen LogP contribution in [0.3, 0.4) is 0 Å². The molecule has 0 amide bonds. The average molecular weight is 243 g/mol. The number of hydrogen-bond donors (Lipinski definition) is 2. The Labute approximate surface area is 101 Å². The minimum Gasteiger partial charge on any atom is -0.481 e. The minimum absolute atomic E-state index is 0.227. The number of carbonyl (C=O) groups is 1. The van der Waals surface area contributed by atoms with Crippen molar-refractivity contribution >= 4 is 22.8 Å². The molecule has 6 nitrogen and oxygen atoms in total. The van der Waals surface area contributed by atoms with Crippen molar-refractivity contribution in [3.8, 4) is 0 Å². The van der Waals surface area contributed by atoms with E-state index in [2.05, 4.69) is 9.97 Å². The van der Waals surface area contributed by atoms with E-state index < -0.39 is 5.97 Å². The van der Waals surface area contributed by atoms with Gasteiger partial charge in [0, 0.05) is 11.8 Å². The smallest absolute Gasteiger partial charge is 0.309 e. The molecule has 0 atom stereocenters. The summed E-state index contributed by atoms with van der Waals surface area (Å²) < 4.78 is 1.43. The zero-order valence-corrected chi connectivity index (χ0v) is 9.25. The number of carboxylic acid groups (broad SMARTS) is 1. The van der Waals surface area contributed by atoms with E-state index in [1.807, 2.05) is 12.1 Å². The van der Waals surface area contributed by atoms with Crippen molar-refractivity contribution in [1.29, 1.82) is 0 Å². The molecule has 0 aliphatic rings. The second-order valence-corrected chi connectivity index (χ2v) is 3.96. The van der Waals surface area contributed by atoms with Gasteiger partial charge in [-0.2, -0.15) is 0 Å². The summed E-state index contributed by atoms with van der Waals surface area (Å²) >= 11 is 0. The van der Waals surface area contributed by atoms with E-state index in [1.165, 1.54) is 10.5 Å². The third kappa shape index (κ3) is 1.55. The topological polar surface area (TPSA) is 87.5 Å². The first-order valence-electron chi connectivity index (χ1n) is 5.36. The van der Waals surface area contributed by atoms with E-state index in [0.717, 1.165) is 0 Å². The normalized spacial score (nSPS) is 11.1. The van der Waals surface area contributed by atoms with Gasteiger partial charge in [0.2, 0.25) is 5.78 Å². The predicted molar refractivity (Wildman–Crippen MR) is 64.7 cm³/mol. The molecule has 0 aliphatic heterocycles. The van der Waals surface area contributed by atoms with E-state index in [0.29, 0.717) is 22.5 Å². The van der Waals surface area contributed by atoms with E-state index >= 15 is 0 Å². The van der Waals surface area contributed by atoms with Crippen LogP contribution < -0.4 is 5.56 Å². The van der Waals surface area contributed by atoms with Crippen LogP contribution in [0.15, 0.2) is 35.1 Å². The van der Waals surface area contributed by atoms with Crippen molar-refractivity contribution in [2.45, 2.75) is 6.42 Å². The summed E-state index contributed by atoms with van der Waals surface area (Å²) in [5.41, 5.74) is 1.46. The van der Waals surface area contributed by atoms with Crippen LogP contribution in [-0.4, -0.2) is 25.4 Å². The maximum Gasteiger partial charge on any atom is 0.309 e. The van der Waals surface area contributed by atoms with Crippen molar-refractivity contribution in [3.63, 3.8) is 0 Å². The average Bonchev–Trinajstić information content (AvgIpc) is 2.66. The van der Waals surface area contributed by atoms with Gasteiger partial charge in [-0.05, 0) is 12.1 Å². The Morgan fingerprint density at radius 2 is 2.17 bits per heavy atom. The summed E-state index contributed by atoms with van der Waals surface area (Å²) in [5, 5.41) is 8.72. The zero-order chi connectivity index (χ0) is 12.7. The number of benzene rings is 1. The Morgan fingerprint density at radius 1 is 1.39 bits per heavy atom. The van der Waals surface area contributed by atoms with Gasteiger partial charge in [-0.1, -0.05) is 12.1 Å². The van der Waals surface area contributed by atoms with E-state index in [-0.39, 0.29) is 12.0 Å². The van der Waals surface area contributed by atoms with Gasteiger partial charge in [0.25, 0.3) is 5.56 Å². The first-order chi connectivity index (χ1) is 8.65. The molecule has 90 valence electrons. The molecule has 0 spiro atoms. The lowest BCUT2D eigenvalue weighted by atomic mass is 10.3. The van der Waals surface area contributed by atoms with E-state index in [4.69, 9.17) is 5.11 Å². The largest absolute Gasteiger partial charge is 0.481 e. The summed E-state index contributed by atoms with van der Waals surface area (Å²) in [6.07, 6.45) is -0.227. The maximum atomic E-state index is 12.0. The van der Waals surface area contributed by atoms with Crippen LogP contribution in [0.4, 0.5) is 0 Å². The van der Waals surface area contributed by atoms with Crippen molar-refractivity contribution < 1.29 is 9.90 Å². The molecular weight excluding hydrogens is 234 g/mol. The van der Waals surface area contributed by atoms with Crippen molar-refractivity contribution in [1.82, 2.24) is 14.4 Å². The number of nitrogens with one attached hydrogen (secondary N) is 1. The number of fused-ring (bicyclic) bond motifs is 3. The predicted octanol–water partition coefficient (Wildman–Crippen LogP) is 0.803. The molecule has 2 N–H and O–H groups in total. The number of imidazole rings is 1. The molecule has 3 aromatic rings. The molecule has 18 heavy (non-hydrogen) atoms. The van der Waals surface area contributed by atoms with E-state index in [9.17, 15) is 9.59 Å².